The molecule has 2 atom stereocenters. The number of nitrogens with one attached hydrogen (secondary N) is 1. The molecule has 3 heteroatoms. The summed E-state index contributed by atoms with van der Waals surface area (Å²) in [5.41, 5.74) is 1.34. The molecule has 1 rings (SSSR count). The Bertz CT molecular complexity index is 395. The van der Waals surface area contributed by atoms with Gasteiger partial charge in [-0.1, -0.05) is 40.2 Å². The lowest BCUT2D eigenvalue weighted by atomic mass is 9.92. The fourth-order valence-corrected chi connectivity index (χ4v) is 2.73. The van der Waals surface area contributed by atoms with E-state index in [4.69, 9.17) is 4.74 Å². The molecule has 1 aromatic carbocycles. The minimum absolute atomic E-state index is 0.413. The first-order valence-electron chi connectivity index (χ1n) is 7.79. The lowest BCUT2D eigenvalue weighted by Gasteiger charge is -2.25. The molecule has 2 unspecified atom stereocenters. The number of rotatable bonds is 9. The molecule has 0 aromatic heterocycles. The van der Waals surface area contributed by atoms with E-state index < -0.39 is 0 Å². The molecular formula is C17H28BrNO. The van der Waals surface area contributed by atoms with Crippen LogP contribution in [0.15, 0.2) is 22.7 Å². The second kappa shape index (κ2) is 9.41. The molecule has 0 amide bonds. The van der Waals surface area contributed by atoms with Crippen molar-refractivity contribution in [3.63, 3.8) is 0 Å². The lowest BCUT2D eigenvalue weighted by molar-refractivity contribution is 0.315. The van der Waals surface area contributed by atoms with Crippen LogP contribution >= 0.6 is 15.9 Å². The zero-order valence-corrected chi connectivity index (χ0v) is 14.8. The number of ether oxygens (including phenoxy) is 1. The Labute approximate surface area is 132 Å². The van der Waals surface area contributed by atoms with E-state index in [2.05, 4.69) is 67.1 Å². The predicted octanol–water partition coefficient (Wildman–Crippen LogP) is 5.32. The van der Waals surface area contributed by atoms with E-state index in [1.54, 1.807) is 0 Å². The van der Waals surface area contributed by atoms with Gasteiger partial charge in [0.15, 0.2) is 0 Å². The van der Waals surface area contributed by atoms with E-state index in [-0.39, 0.29) is 0 Å². The van der Waals surface area contributed by atoms with Crippen molar-refractivity contribution < 1.29 is 4.74 Å². The Hall–Kier alpha value is -0.540. The third-order valence-electron chi connectivity index (χ3n) is 3.60. The first-order valence-corrected chi connectivity index (χ1v) is 8.58. The number of hydrogen-bond donors (Lipinski definition) is 1. The molecule has 0 aliphatic heterocycles. The van der Waals surface area contributed by atoms with Crippen molar-refractivity contribution in [2.45, 2.75) is 53.0 Å². The van der Waals surface area contributed by atoms with Crippen LogP contribution in [0.4, 0.5) is 0 Å². The minimum atomic E-state index is 0.413. The van der Waals surface area contributed by atoms with Crippen LogP contribution < -0.4 is 10.1 Å². The number of hydrogen-bond acceptors (Lipinski definition) is 2. The van der Waals surface area contributed by atoms with Gasteiger partial charge < -0.3 is 10.1 Å². The Morgan fingerprint density at radius 1 is 1.20 bits per heavy atom. The molecule has 0 fully saturated rings. The average molecular weight is 342 g/mol. The van der Waals surface area contributed by atoms with E-state index in [0.29, 0.717) is 12.0 Å². The van der Waals surface area contributed by atoms with Gasteiger partial charge in [0, 0.05) is 6.04 Å². The molecular weight excluding hydrogens is 314 g/mol. The first-order chi connectivity index (χ1) is 9.63. The minimum Gasteiger partial charge on any atom is -0.492 e. The molecule has 0 aliphatic rings. The molecule has 0 radical (unpaired) electrons. The van der Waals surface area contributed by atoms with Crippen LogP contribution in [0.5, 0.6) is 5.75 Å². The highest BCUT2D eigenvalue weighted by Gasteiger charge is 2.18. The molecule has 20 heavy (non-hydrogen) atoms. The van der Waals surface area contributed by atoms with E-state index in [1.807, 2.05) is 0 Å². The molecule has 0 saturated carbocycles. The molecule has 0 bridgehead atoms. The highest BCUT2D eigenvalue weighted by Crippen LogP contribution is 2.32. The molecule has 0 aliphatic carbocycles. The van der Waals surface area contributed by atoms with Gasteiger partial charge in [-0.3, -0.25) is 0 Å². The molecule has 1 aromatic rings. The predicted molar refractivity (Wildman–Crippen MR) is 90.4 cm³/mol. The van der Waals surface area contributed by atoms with Gasteiger partial charge in [-0.2, -0.15) is 0 Å². The summed E-state index contributed by atoms with van der Waals surface area (Å²) >= 11 is 3.63. The van der Waals surface area contributed by atoms with Crippen LogP contribution in [-0.2, 0) is 0 Å². The summed E-state index contributed by atoms with van der Waals surface area (Å²) in [7, 11) is 0. The van der Waals surface area contributed by atoms with Gasteiger partial charge >= 0.3 is 0 Å². The Balaban J connectivity index is 2.87. The Kier molecular flexibility index (Phi) is 8.24. The fourth-order valence-electron chi connectivity index (χ4n) is 2.22. The van der Waals surface area contributed by atoms with Gasteiger partial charge in [-0.05, 0) is 58.9 Å². The van der Waals surface area contributed by atoms with Crippen molar-refractivity contribution in [2.75, 3.05) is 13.2 Å². The van der Waals surface area contributed by atoms with Crippen molar-refractivity contribution in [3.05, 3.63) is 28.2 Å². The van der Waals surface area contributed by atoms with E-state index in [0.717, 1.165) is 36.2 Å². The number of benzene rings is 1. The summed E-state index contributed by atoms with van der Waals surface area (Å²) in [5, 5.41) is 3.66. The maximum absolute atomic E-state index is 5.72. The molecule has 1 N–H and O–H groups in total. The van der Waals surface area contributed by atoms with Crippen molar-refractivity contribution in [1.29, 1.82) is 0 Å². The van der Waals surface area contributed by atoms with Gasteiger partial charge in [-0.25, -0.2) is 0 Å². The van der Waals surface area contributed by atoms with E-state index >= 15 is 0 Å². The third-order valence-corrected chi connectivity index (χ3v) is 4.22. The maximum Gasteiger partial charge on any atom is 0.133 e. The summed E-state index contributed by atoms with van der Waals surface area (Å²) in [5.74, 6) is 1.56. The quantitative estimate of drug-likeness (QED) is 0.655. The summed E-state index contributed by atoms with van der Waals surface area (Å²) < 4.78 is 6.77. The van der Waals surface area contributed by atoms with Crippen LogP contribution in [0.25, 0.3) is 0 Å². The second-order valence-electron chi connectivity index (χ2n) is 5.36. The molecule has 0 spiro atoms. The molecule has 114 valence electrons. The summed E-state index contributed by atoms with van der Waals surface area (Å²) in [6, 6.07) is 6.88. The molecule has 0 saturated heterocycles. The summed E-state index contributed by atoms with van der Waals surface area (Å²) in [6.07, 6.45) is 3.36. The van der Waals surface area contributed by atoms with Crippen LogP contribution in [0.1, 0.15) is 58.6 Å². The SMILES string of the molecule is CCCNC(c1ccc(OCCC)c(Br)c1)C(C)CC. The summed E-state index contributed by atoms with van der Waals surface area (Å²) in [4.78, 5) is 0. The van der Waals surface area contributed by atoms with Crippen molar-refractivity contribution in [1.82, 2.24) is 5.32 Å². The largest absolute Gasteiger partial charge is 0.492 e. The first kappa shape index (κ1) is 17.5. The van der Waals surface area contributed by atoms with Crippen LogP contribution in [0.2, 0.25) is 0 Å². The zero-order chi connectivity index (χ0) is 15.0. The van der Waals surface area contributed by atoms with Crippen LogP contribution in [-0.4, -0.2) is 13.2 Å². The number of halogens is 1. The fraction of sp³-hybridized carbons (Fsp3) is 0.647. The van der Waals surface area contributed by atoms with Crippen molar-refractivity contribution in [3.8, 4) is 5.75 Å². The Morgan fingerprint density at radius 3 is 2.50 bits per heavy atom. The smallest absolute Gasteiger partial charge is 0.133 e. The highest BCUT2D eigenvalue weighted by atomic mass is 79.9. The lowest BCUT2D eigenvalue weighted by Crippen LogP contribution is -2.27. The monoisotopic (exact) mass is 341 g/mol. The van der Waals surface area contributed by atoms with Gasteiger partial charge in [0.1, 0.15) is 5.75 Å². The highest BCUT2D eigenvalue weighted by molar-refractivity contribution is 9.10. The van der Waals surface area contributed by atoms with Crippen LogP contribution in [0.3, 0.4) is 0 Å². The second-order valence-corrected chi connectivity index (χ2v) is 6.21. The zero-order valence-electron chi connectivity index (χ0n) is 13.2. The van der Waals surface area contributed by atoms with Crippen molar-refractivity contribution >= 4 is 15.9 Å². The van der Waals surface area contributed by atoms with Gasteiger partial charge in [-0.15, -0.1) is 0 Å². The average Bonchev–Trinajstić information content (AvgIpc) is 2.46. The van der Waals surface area contributed by atoms with Gasteiger partial charge in [0.05, 0.1) is 11.1 Å². The van der Waals surface area contributed by atoms with Crippen molar-refractivity contribution in [2.24, 2.45) is 5.92 Å². The Morgan fingerprint density at radius 2 is 1.95 bits per heavy atom. The van der Waals surface area contributed by atoms with E-state index in [1.165, 1.54) is 12.0 Å². The van der Waals surface area contributed by atoms with Crippen LogP contribution in [0, 0.1) is 5.92 Å². The van der Waals surface area contributed by atoms with E-state index in [9.17, 15) is 0 Å². The third kappa shape index (κ3) is 5.10. The normalized spacial score (nSPS) is 14.1. The molecule has 0 heterocycles. The topological polar surface area (TPSA) is 21.3 Å². The van der Waals surface area contributed by atoms with Gasteiger partial charge in [0.25, 0.3) is 0 Å². The molecule has 2 nitrogen and oxygen atoms in total. The summed E-state index contributed by atoms with van der Waals surface area (Å²) in [6.45, 7) is 10.7. The maximum atomic E-state index is 5.72. The van der Waals surface area contributed by atoms with Gasteiger partial charge in [0.2, 0.25) is 0 Å². The standard InChI is InChI=1S/C17H28BrNO/c1-5-10-19-17(13(4)7-3)14-8-9-16(15(18)12-14)20-11-6-2/h8-9,12-13,17,19H,5-7,10-11H2,1-4H3.